The van der Waals surface area contributed by atoms with Crippen molar-refractivity contribution in [3.05, 3.63) is 0 Å². The summed E-state index contributed by atoms with van der Waals surface area (Å²) < 4.78 is 0. The molecule has 0 aromatic carbocycles. The molecule has 2 aliphatic rings. The summed E-state index contributed by atoms with van der Waals surface area (Å²) in [4.78, 5) is 2.45. The summed E-state index contributed by atoms with van der Waals surface area (Å²) >= 11 is 0. The molecule has 3 nitrogen and oxygen atoms in total. The normalized spacial score (nSPS) is 50.1. The fourth-order valence-corrected chi connectivity index (χ4v) is 2.89. The van der Waals surface area contributed by atoms with Crippen molar-refractivity contribution < 1.29 is 5.11 Å². The standard InChI is InChI=1S/C11H22N2O/c1-8-6-13(7-9(2)12-8)10-4-5-11(10,3)14/h8-10,12,14H,4-7H2,1-3H3/t8?,9?,10-,11-/m0/s1. The zero-order valence-corrected chi connectivity index (χ0v) is 9.45. The number of hydrogen-bond donors (Lipinski definition) is 2. The van der Waals surface area contributed by atoms with Crippen LogP contribution in [0.1, 0.15) is 33.6 Å². The van der Waals surface area contributed by atoms with Gasteiger partial charge in [-0.05, 0) is 33.6 Å². The van der Waals surface area contributed by atoms with Gasteiger partial charge in [0.1, 0.15) is 0 Å². The fraction of sp³-hybridized carbons (Fsp3) is 1.00. The van der Waals surface area contributed by atoms with E-state index in [4.69, 9.17) is 0 Å². The Morgan fingerprint density at radius 1 is 1.29 bits per heavy atom. The topological polar surface area (TPSA) is 35.5 Å². The first kappa shape index (κ1) is 10.4. The van der Waals surface area contributed by atoms with Crippen LogP contribution in [-0.2, 0) is 0 Å². The van der Waals surface area contributed by atoms with Crippen molar-refractivity contribution in [3.63, 3.8) is 0 Å². The SMILES string of the molecule is CC1CN([C@H]2CC[C@]2(C)O)CC(C)N1. The second-order valence-corrected chi connectivity index (χ2v) is 5.33. The maximum atomic E-state index is 10.0. The Labute approximate surface area is 86.5 Å². The summed E-state index contributed by atoms with van der Waals surface area (Å²) in [5.74, 6) is 0. The molecule has 0 bridgehead atoms. The fourth-order valence-electron chi connectivity index (χ4n) is 2.89. The third-order valence-corrected chi connectivity index (χ3v) is 3.67. The molecule has 14 heavy (non-hydrogen) atoms. The van der Waals surface area contributed by atoms with E-state index in [-0.39, 0.29) is 0 Å². The lowest BCUT2D eigenvalue weighted by Crippen LogP contribution is -2.65. The number of aliphatic hydroxyl groups is 1. The second kappa shape index (κ2) is 3.47. The smallest absolute Gasteiger partial charge is 0.0774 e. The van der Waals surface area contributed by atoms with Crippen LogP contribution >= 0.6 is 0 Å². The van der Waals surface area contributed by atoms with Gasteiger partial charge in [0, 0.05) is 31.2 Å². The summed E-state index contributed by atoms with van der Waals surface area (Å²) in [5.41, 5.74) is -0.434. The average molecular weight is 198 g/mol. The lowest BCUT2D eigenvalue weighted by molar-refractivity contribution is -0.111. The summed E-state index contributed by atoms with van der Waals surface area (Å²) in [6.45, 7) is 8.56. The molecule has 2 fully saturated rings. The number of nitrogens with zero attached hydrogens (tertiary/aromatic N) is 1. The van der Waals surface area contributed by atoms with Gasteiger partial charge < -0.3 is 10.4 Å². The number of rotatable bonds is 1. The highest BCUT2D eigenvalue weighted by Gasteiger charge is 2.45. The number of nitrogens with one attached hydrogen (secondary N) is 1. The molecular formula is C11H22N2O. The van der Waals surface area contributed by atoms with Gasteiger partial charge in [-0.25, -0.2) is 0 Å². The monoisotopic (exact) mass is 198 g/mol. The zero-order chi connectivity index (χ0) is 10.3. The molecule has 0 aromatic rings. The molecule has 1 saturated heterocycles. The van der Waals surface area contributed by atoms with Crippen molar-refractivity contribution >= 4 is 0 Å². The summed E-state index contributed by atoms with van der Waals surface area (Å²) in [6, 6.07) is 1.50. The number of hydrogen-bond acceptors (Lipinski definition) is 3. The van der Waals surface area contributed by atoms with E-state index in [0.717, 1.165) is 25.9 Å². The van der Waals surface area contributed by atoms with Crippen LogP contribution in [0.15, 0.2) is 0 Å². The van der Waals surface area contributed by atoms with Gasteiger partial charge in [0.2, 0.25) is 0 Å². The molecule has 1 aliphatic heterocycles. The Bertz CT molecular complexity index is 207. The van der Waals surface area contributed by atoms with Crippen LogP contribution in [-0.4, -0.2) is 46.8 Å². The molecule has 4 atom stereocenters. The quantitative estimate of drug-likeness (QED) is 0.647. The van der Waals surface area contributed by atoms with E-state index in [1.54, 1.807) is 0 Å². The van der Waals surface area contributed by atoms with Crippen molar-refractivity contribution in [1.29, 1.82) is 0 Å². The van der Waals surface area contributed by atoms with Crippen LogP contribution < -0.4 is 5.32 Å². The van der Waals surface area contributed by atoms with Crippen molar-refractivity contribution in [2.45, 2.75) is 57.3 Å². The van der Waals surface area contributed by atoms with Crippen LogP contribution in [0.25, 0.3) is 0 Å². The minimum Gasteiger partial charge on any atom is -0.389 e. The largest absolute Gasteiger partial charge is 0.389 e. The lowest BCUT2D eigenvalue weighted by atomic mass is 9.75. The predicted molar refractivity (Wildman–Crippen MR) is 57.3 cm³/mol. The van der Waals surface area contributed by atoms with Gasteiger partial charge in [-0.15, -0.1) is 0 Å². The van der Waals surface area contributed by atoms with Crippen molar-refractivity contribution in [3.8, 4) is 0 Å². The summed E-state index contributed by atoms with van der Waals surface area (Å²) in [5, 5.41) is 13.6. The minimum atomic E-state index is -0.434. The van der Waals surface area contributed by atoms with E-state index in [2.05, 4.69) is 24.1 Å². The highest BCUT2D eigenvalue weighted by molar-refractivity contribution is 5.01. The van der Waals surface area contributed by atoms with Gasteiger partial charge in [0.25, 0.3) is 0 Å². The van der Waals surface area contributed by atoms with Crippen molar-refractivity contribution in [2.75, 3.05) is 13.1 Å². The third-order valence-electron chi connectivity index (χ3n) is 3.67. The van der Waals surface area contributed by atoms with Crippen LogP contribution in [0.4, 0.5) is 0 Å². The van der Waals surface area contributed by atoms with Crippen LogP contribution in [0, 0.1) is 0 Å². The Kier molecular flexibility index (Phi) is 2.58. The van der Waals surface area contributed by atoms with E-state index in [9.17, 15) is 5.11 Å². The molecule has 1 saturated carbocycles. The maximum Gasteiger partial charge on any atom is 0.0774 e. The molecule has 2 unspecified atom stereocenters. The first-order valence-electron chi connectivity index (χ1n) is 5.71. The van der Waals surface area contributed by atoms with E-state index >= 15 is 0 Å². The average Bonchev–Trinajstić information content (AvgIpc) is 2.00. The van der Waals surface area contributed by atoms with Gasteiger partial charge in [-0.3, -0.25) is 4.90 Å². The van der Waals surface area contributed by atoms with E-state index in [1.807, 2.05) is 6.92 Å². The summed E-state index contributed by atoms with van der Waals surface area (Å²) in [7, 11) is 0. The van der Waals surface area contributed by atoms with E-state index in [1.165, 1.54) is 0 Å². The Morgan fingerprint density at radius 2 is 1.86 bits per heavy atom. The molecule has 1 heterocycles. The van der Waals surface area contributed by atoms with Crippen molar-refractivity contribution in [1.82, 2.24) is 10.2 Å². The predicted octanol–water partition coefficient (Wildman–Crippen LogP) is 0.582. The molecule has 3 heteroatoms. The Hall–Kier alpha value is -0.120. The first-order chi connectivity index (χ1) is 6.49. The molecule has 2 rings (SSSR count). The molecular weight excluding hydrogens is 176 g/mol. The highest BCUT2D eigenvalue weighted by Crippen LogP contribution is 2.36. The Morgan fingerprint density at radius 3 is 2.21 bits per heavy atom. The lowest BCUT2D eigenvalue weighted by Gasteiger charge is -2.52. The van der Waals surface area contributed by atoms with Gasteiger partial charge in [0.05, 0.1) is 5.60 Å². The second-order valence-electron chi connectivity index (χ2n) is 5.33. The van der Waals surface area contributed by atoms with Gasteiger partial charge >= 0.3 is 0 Å². The van der Waals surface area contributed by atoms with Crippen molar-refractivity contribution in [2.24, 2.45) is 0 Å². The maximum absolute atomic E-state index is 10.0. The first-order valence-corrected chi connectivity index (χ1v) is 5.71. The zero-order valence-electron chi connectivity index (χ0n) is 9.45. The molecule has 2 N–H and O–H groups in total. The van der Waals surface area contributed by atoms with Gasteiger partial charge in [-0.1, -0.05) is 0 Å². The molecule has 1 aliphatic carbocycles. The number of piperazine rings is 1. The van der Waals surface area contributed by atoms with E-state index < -0.39 is 5.60 Å². The third kappa shape index (κ3) is 1.81. The summed E-state index contributed by atoms with van der Waals surface area (Å²) in [6.07, 6.45) is 2.12. The Balaban J connectivity index is 1.97. The van der Waals surface area contributed by atoms with E-state index in [0.29, 0.717) is 18.1 Å². The van der Waals surface area contributed by atoms with Gasteiger partial charge in [0.15, 0.2) is 0 Å². The highest BCUT2D eigenvalue weighted by atomic mass is 16.3. The van der Waals surface area contributed by atoms with Crippen LogP contribution in [0.2, 0.25) is 0 Å². The minimum absolute atomic E-state index is 0.398. The molecule has 0 radical (unpaired) electrons. The van der Waals surface area contributed by atoms with Crippen LogP contribution in [0.5, 0.6) is 0 Å². The van der Waals surface area contributed by atoms with Crippen LogP contribution in [0.3, 0.4) is 0 Å². The molecule has 0 aromatic heterocycles. The molecule has 0 spiro atoms. The molecule has 82 valence electrons. The molecule has 0 amide bonds. The van der Waals surface area contributed by atoms with Gasteiger partial charge in [-0.2, -0.15) is 0 Å².